The SMILES string of the molecule is CCC(C)CS(=O)(=O)Cc1ccc(CN)c(OC)c1. The van der Waals surface area contributed by atoms with Crippen molar-refractivity contribution in [3.05, 3.63) is 29.3 Å². The average molecular weight is 285 g/mol. The zero-order chi connectivity index (χ0) is 14.5. The fourth-order valence-electron chi connectivity index (χ4n) is 1.91. The maximum absolute atomic E-state index is 12.1. The van der Waals surface area contributed by atoms with Gasteiger partial charge in [0.15, 0.2) is 9.84 Å². The van der Waals surface area contributed by atoms with Crippen LogP contribution in [-0.2, 0) is 22.1 Å². The number of rotatable bonds is 7. The first-order chi connectivity index (χ1) is 8.91. The second kappa shape index (κ2) is 6.91. The fourth-order valence-corrected chi connectivity index (χ4v) is 3.82. The van der Waals surface area contributed by atoms with Crippen LogP contribution in [0.5, 0.6) is 5.75 Å². The van der Waals surface area contributed by atoms with Crippen LogP contribution in [-0.4, -0.2) is 21.3 Å². The Morgan fingerprint density at radius 1 is 1.37 bits per heavy atom. The molecule has 1 atom stereocenters. The monoisotopic (exact) mass is 285 g/mol. The van der Waals surface area contributed by atoms with Crippen molar-refractivity contribution in [2.45, 2.75) is 32.6 Å². The molecule has 1 aromatic carbocycles. The van der Waals surface area contributed by atoms with Crippen LogP contribution in [0.15, 0.2) is 18.2 Å². The summed E-state index contributed by atoms with van der Waals surface area (Å²) in [7, 11) is -1.52. The van der Waals surface area contributed by atoms with Crippen LogP contribution in [0.4, 0.5) is 0 Å². The molecule has 0 aliphatic carbocycles. The summed E-state index contributed by atoms with van der Waals surface area (Å²) >= 11 is 0. The number of hydrogen-bond acceptors (Lipinski definition) is 4. The van der Waals surface area contributed by atoms with Crippen LogP contribution in [0.25, 0.3) is 0 Å². The van der Waals surface area contributed by atoms with Gasteiger partial charge in [-0.15, -0.1) is 0 Å². The summed E-state index contributed by atoms with van der Waals surface area (Å²) < 4.78 is 29.3. The molecule has 0 radical (unpaired) electrons. The first-order valence-corrected chi connectivity index (χ1v) is 8.30. The van der Waals surface area contributed by atoms with E-state index in [1.54, 1.807) is 19.2 Å². The molecule has 0 aliphatic rings. The molecule has 2 N–H and O–H groups in total. The molecule has 0 amide bonds. The highest BCUT2D eigenvalue weighted by atomic mass is 32.2. The molecule has 0 heterocycles. The minimum absolute atomic E-state index is 0.0541. The van der Waals surface area contributed by atoms with Crippen molar-refractivity contribution < 1.29 is 13.2 Å². The van der Waals surface area contributed by atoms with Crippen molar-refractivity contribution in [1.29, 1.82) is 0 Å². The third kappa shape index (κ3) is 4.84. The zero-order valence-electron chi connectivity index (χ0n) is 11.8. The molecule has 108 valence electrons. The molecule has 0 aromatic heterocycles. The van der Waals surface area contributed by atoms with Crippen LogP contribution in [0, 0.1) is 5.92 Å². The summed E-state index contributed by atoms with van der Waals surface area (Å²) in [6, 6.07) is 5.39. The van der Waals surface area contributed by atoms with Gasteiger partial charge in [0.05, 0.1) is 18.6 Å². The van der Waals surface area contributed by atoms with E-state index < -0.39 is 9.84 Å². The third-order valence-corrected chi connectivity index (χ3v) is 5.04. The van der Waals surface area contributed by atoms with E-state index in [4.69, 9.17) is 10.5 Å². The highest BCUT2D eigenvalue weighted by Gasteiger charge is 2.16. The highest BCUT2D eigenvalue weighted by Crippen LogP contribution is 2.21. The molecule has 1 aromatic rings. The lowest BCUT2D eigenvalue weighted by atomic mass is 10.1. The van der Waals surface area contributed by atoms with Gasteiger partial charge in [0.25, 0.3) is 0 Å². The predicted octanol–water partition coefficient (Wildman–Crippen LogP) is 2.11. The highest BCUT2D eigenvalue weighted by molar-refractivity contribution is 7.90. The maximum Gasteiger partial charge on any atom is 0.154 e. The van der Waals surface area contributed by atoms with Gasteiger partial charge >= 0.3 is 0 Å². The average Bonchev–Trinajstić information content (AvgIpc) is 2.37. The summed E-state index contributed by atoms with van der Waals surface area (Å²) in [6.07, 6.45) is 0.870. The fraction of sp³-hybridized carbons (Fsp3) is 0.571. The van der Waals surface area contributed by atoms with Gasteiger partial charge in [-0.05, 0) is 17.5 Å². The Balaban J connectivity index is 2.88. The van der Waals surface area contributed by atoms with Gasteiger partial charge in [-0.1, -0.05) is 32.4 Å². The zero-order valence-corrected chi connectivity index (χ0v) is 12.7. The van der Waals surface area contributed by atoms with Crippen molar-refractivity contribution >= 4 is 9.84 Å². The van der Waals surface area contributed by atoms with Crippen molar-refractivity contribution in [2.24, 2.45) is 11.7 Å². The van der Waals surface area contributed by atoms with Gasteiger partial charge in [-0.25, -0.2) is 8.42 Å². The smallest absolute Gasteiger partial charge is 0.154 e. The number of methoxy groups -OCH3 is 1. The molecule has 0 spiro atoms. The van der Waals surface area contributed by atoms with E-state index in [1.165, 1.54) is 0 Å². The normalized spacial score (nSPS) is 13.3. The number of sulfone groups is 1. The standard InChI is InChI=1S/C14H23NO3S/c1-4-11(2)9-19(16,17)10-12-5-6-13(8-15)14(7-12)18-3/h5-7,11H,4,8-10,15H2,1-3H3. The van der Waals surface area contributed by atoms with Crippen LogP contribution >= 0.6 is 0 Å². The maximum atomic E-state index is 12.1. The Kier molecular flexibility index (Phi) is 5.82. The van der Waals surface area contributed by atoms with Gasteiger partial charge < -0.3 is 10.5 Å². The first-order valence-electron chi connectivity index (χ1n) is 6.48. The number of benzene rings is 1. The molecule has 19 heavy (non-hydrogen) atoms. The van der Waals surface area contributed by atoms with E-state index in [0.717, 1.165) is 17.5 Å². The lowest BCUT2D eigenvalue weighted by Crippen LogP contribution is -2.15. The van der Waals surface area contributed by atoms with Gasteiger partial charge in [0.1, 0.15) is 5.75 Å². The Labute approximate surface area is 115 Å². The second-order valence-electron chi connectivity index (χ2n) is 4.92. The number of nitrogens with two attached hydrogens (primary N) is 1. The van der Waals surface area contributed by atoms with Crippen LogP contribution in [0.2, 0.25) is 0 Å². The number of ether oxygens (including phenoxy) is 1. The van der Waals surface area contributed by atoms with Crippen LogP contribution in [0.3, 0.4) is 0 Å². The molecule has 4 nitrogen and oxygen atoms in total. The number of hydrogen-bond donors (Lipinski definition) is 1. The third-order valence-electron chi connectivity index (χ3n) is 3.19. The summed E-state index contributed by atoms with van der Waals surface area (Å²) in [5.41, 5.74) is 7.22. The minimum Gasteiger partial charge on any atom is -0.496 e. The van der Waals surface area contributed by atoms with Gasteiger partial charge in [0, 0.05) is 12.1 Å². The Morgan fingerprint density at radius 3 is 2.58 bits per heavy atom. The molecule has 0 saturated carbocycles. The van der Waals surface area contributed by atoms with Crippen molar-refractivity contribution in [3.8, 4) is 5.75 Å². The molecular formula is C14H23NO3S. The van der Waals surface area contributed by atoms with E-state index >= 15 is 0 Å². The second-order valence-corrected chi connectivity index (χ2v) is 7.03. The molecule has 0 aliphatic heterocycles. The molecule has 0 fully saturated rings. The quantitative estimate of drug-likeness (QED) is 0.833. The van der Waals surface area contributed by atoms with Crippen LogP contribution in [0.1, 0.15) is 31.4 Å². The first kappa shape index (κ1) is 16.0. The minimum atomic E-state index is -3.08. The van der Waals surface area contributed by atoms with E-state index in [-0.39, 0.29) is 17.4 Å². The predicted molar refractivity (Wildman–Crippen MR) is 77.8 cm³/mol. The molecule has 5 heteroatoms. The molecular weight excluding hydrogens is 262 g/mol. The summed E-state index contributed by atoms with van der Waals surface area (Å²) in [5, 5.41) is 0. The topological polar surface area (TPSA) is 69.4 Å². The van der Waals surface area contributed by atoms with Crippen molar-refractivity contribution in [2.75, 3.05) is 12.9 Å². The lowest BCUT2D eigenvalue weighted by Gasteiger charge is -2.12. The molecule has 1 unspecified atom stereocenters. The largest absolute Gasteiger partial charge is 0.496 e. The summed E-state index contributed by atoms with van der Waals surface area (Å²) in [6.45, 7) is 4.33. The van der Waals surface area contributed by atoms with E-state index in [2.05, 4.69) is 0 Å². The van der Waals surface area contributed by atoms with E-state index in [9.17, 15) is 8.42 Å². The van der Waals surface area contributed by atoms with Gasteiger partial charge in [-0.2, -0.15) is 0 Å². The van der Waals surface area contributed by atoms with Crippen LogP contribution < -0.4 is 10.5 Å². The Hall–Kier alpha value is -1.07. The Bertz CT molecular complexity index is 511. The van der Waals surface area contributed by atoms with Crippen molar-refractivity contribution in [3.63, 3.8) is 0 Å². The summed E-state index contributed by atoms with van der Waals surface area (Å²) in [4.78, 5) is 0. The molecule has 0 bridgehead atoms. The summed E-state index contributed by atoms with van der Waals surface area (Å²) in [5.74, 6) is 1.12. The van der Waals surface area contributed by atoms with Gasteiger partial charge in [-0.3, -0.25) is 0 Å². The Morgan fingerprint density at radius 2 is 2.05 bits per heavy atom. The lowest BCUT2D eigenvalue weighted by molar-refractivity contribution is 0.409. The van der Waals surface area contributed by atoms with Crippen molar-refractivity contribution in [1.82, 2.24) is 0 Å². The van der Waals surface area contributed by atoms with E-state index in [0.29, 0.717) is 12.3 Å². The molecule has 0 saturated heterocycles. The van der Waals surface area contributed by atoms with Gasteiger partial charge in [0.2, 0.25) is 0 Å². The molecule has 1 rings (SSSR count). The van der Waals surface area contributed by atoms with E-state index in [1.807, 2.05) is 19.9 Å².